The summed E-state index contributed by atoms with van der Waals surface area (Å²) in [5.74, 6) is 0.920. The largest absolute Gasteiger partial charge is 0.311 e. The first-order valence-corrected chi connectivity index (χ1v) is 8.43. The molecule has 0 aliphatic heterocycles. The third-order valence-electron chi connectivity index (χ3n) is 4.27. The van der Waals surface area contributed by atoms with Gasteiger partial charge in [-0.15, -0.1) is 11.3 Å². The fraction of sp³-hybridized carbons (Fsp3) is 0.750. The molecule has 1 fully saturated rings. The Morgan fingerprint density at radius 2 is 2.21 bits per heavy atom. The molecule has 108 valence electrons. The molecule has 0 spiro atoms. The normalized spacial score (nSPS) is 24.0. The number of rotatable bonds is 6. The minimum absolute atomic E-state index is 0.814. The summed E-state index contributed by atoms with van der Waals surface area (Å²) in [6, 6.07) is 5.26. The van der Waals surface area contributed by atoms with Gasteiger partial charge >= 0.3 is 0 Å². The van der Waals surface area contributed by atoms with Crippen molar-refractivity contribution in [3.63, 3.8) is 0 Å². The Hall–Kier alpha value is -0.380. The molecule has 1 aromatic heterocycles. The summed E-state index contributed by atoms with van der Waals surface area (Å²) in [5.41, 5.74) is 0. The lowest BCUT2D eigenvalue weighted by molar-refractivity contribution is 0.164. The second kappa shape index (κ2) is 7.41. The van der Waals surface area contributed by atoms with E-state index >= 15 is 0 Å². The van der Waals surface area contributed by atoms with Crippen LogP contribution in [0.5, 0.6) is 0 Å². The molecule has 0 bridgehead atoms. The van der Waals surface area contributed by atoms with Crippen molar-refractivity contribution in [2.24, 2.45) is 5.92 Å². The summed E-state index contributed by atoms with van der Waals surface area (Å²) >= 11 is 1.90. The first-order valence-electron chi connectivity index (χ1n) is 7.61. The first kappa shape index (κ1) is 15.0. The van der Waals surface area contributed by atoms with Crippen LogP contribution >= 0.6 is 11.3 Å². The van der Waals surface area contributed by atoms with Gasteiger partial charge in [-0.3, -0.25) is 0 Å². The number of hydrogen-bond acceptors (Lipinski definition) is 3. The molecule has 2 rings (SSSR count). The molecular formula is C16H28N2S. The van der Waals surface area contributed by atoms with Crippen LogP contribution in [0.15, 0.2) is 12.1 Å². The Morgan fingerprint density at radius 3 is 2.89 bits per heavy atom. The van der Waals surface area contributed by atoms with E-state index in [0.29, 0.717) is 0 Å². The Morgan fingerprint density at radius 1 is 1.37 bits per heavy atom. The molecule has 19 heavy (non-hydrogen) atoms. The predicted molar refractivity (Wildman–Crippen MR) is 84.8 cm³/mol. The summed E-state index contributed by atoms with van der Waals surface area (Å²) in [4.78, 5) is 5.42. The molecule has 2 nitrogen and oxygen atoms in total. The minimum atomic E-state index is 0.814. The van der Waals surface area contributed by atoms with Crippen LogP contribution in [0, 0.1) is 12.8 Å². The van der Waals surface area contributed by atoms with Crippen molar-refractivity contribution in [1.82, 2.24) is 10.2 Å². The van der Waals surface area contributed by atoms with E-state index in [4.69, 9.17) is 0 Å². The molecule has 3 heteroatoms. The van der Waals surface area contributed by atoms with Gasteiger partial charge in [-0.2, -0.15) is 0 Å². The highest BCUT2D eigenvalue weighted by Gasteiger charge is 2.21. The summed E-state index contributed by atoms with van der Waals surface area (Å²) in [7, 11) is 2.29. The molecule has 0 aromatic carbocycles. The standard InChI is InChI=1S/C16H28N2S/c1-13-5-4-6-15(11-13)18(3)10-9-17-12-16-8-7-14(2)19-16/h7-8,13,15,17H,4-6,9-12H2,1-3H3. The monoisotopic (exact) mass is 280 g/mol. The van der Waals surface area contributed by atoms with Crippen molar-refractivity contribution in [1.29, 1.82) is 0 Å². The van der Waals surface area contributed by atoms with E-state index in [1.165, 1.54) is 42.0 Å². The van der Waals surface area contributed by atoms with Crippen molar-refractivity contribution in [3.8, 4) is 0 Å². The van der Waals surface area contributed by atoms with E-state index in [1.54, 1.807) is 0 Å². The molecule has 0 saturated heterocycles. The SMILES string of the molecule is Cc1ccc(CNCCN(C)C2CCCC(C)C2)s1. The lowest BCUT2D eigenvalue weighted by Gasteiger charge is -2.34. The van der Waals surface area contributed by atoms with Crippen LogP contribution in [0.4, 0.5) is 0 Å². The Labute approximate surface area is 122 Å². The predicted octanol–water partition coefficient (Wildman–Crippen LogP) is 3.66. The van der Waals surface area contributed by atoms with Gasteiger partial charge in [-0.1, -0.05) is 19.8 Å². The summed E-state index contributed by atoms with van der Waals surface area (Å²) < 4.78 is 0. The average molecular weight is 280 g/mol. The quantitative estimate of drug-likeness (QED) is 0.800. The van der Waals surface area contributed by atoms with Gasteiger partial charge in [0, 0.05) is 35.4 Å². The second-order valence-corrected chi connectivity index (χ2v) is 7.47. The zero-order chi connectivity index (χ0) is 13.7. The molecule has 0 amide bonds. The average Bonchev–Trinajstić information content (AvgIpc) is 2.80. The maximum absolute atomic E-state index is 3.56. The number of nitrogens with one attached hydrogen (secondary N) is 1. The van der Waals surface area contributed by atoms with Crippen molar-refractivity contribution in [2.75, 3.05) is 20.1 Å². The van der Waals surface area contributed by atoms with Gasteiger partial charge in [-0.05, 0) is 44.9 Å². The Balaban J connectivity index is 1.62. The maximum Gasteiger partial charge on any atom is 0.0300 e. The van der Waals surface area contributed by atoms with Crippen LogP contribution in [0.3, 0.4) is 0 Å². The fourth-order valence-electron chi connectivity index (χ4n) is 3.03. The molecule has 0 radical (unpaired) electrons. The summed E-state index contributed by atoms with van der Waals surface area (Å²) in [6.07, 6.45) is 5.63. The zero-order valence-electron chi connectivity index (χ0n) is 12.6. The third-order valence-corrected chi connectivity index (χ3v) is 5.27. The highest BCUT2D eigenvalue weighted by molar-refractivity contribution is 7.11. The van der Waals surface area contributed by atoms with Gasteiger partial charge in [0.05, 0.1) is 0 Å². The topological polar surface area (TPSA) is 15.3 Å². The fourth-order valence-corrected chi connectivity index (χ4v) is 3.89. The lowest BCUT2D eigenvalue weighted by atomic mass is 9.86. The molecule has 1 aliphatic carbocycles. The maximum atomic E-state index is 3.56. The van der Waals surface area contributed by atoms with Gasteiger partial charge in [0.2, 0.25) is 0 Å². The van der Waals surface area contributed by atoms with Crippen molar-refractivity contribution in [3.05, 3.63) is 21.9 Å². The van der Waals surface area contributed by atoms with Gasteiger partial charge in [0.15, 0.2) is 0 Å². The number of likely N-dealkylation sites (N-methyl/N-ethyl adjacent to an activating group) is 1. The zero-order valence-corrected chi connectivity index (χ0v) is 13.4. The second-order valence-electron chi connectivity index (χ2n) is 6.10. The molecule has 1 aromatic rings. The third kappa shape index (κ3) is 4.90. The van der Waals surface area contributed by atoms with Crippen LogP contribution in [0.2, 0.25) is 0 Å². The summed E-state index contributed by atoms with van der Waals surface area (Å²) in [5, 5.41) is 3.56. The molecule has 1 aliphatic rings. The smallest absolute Gasteiger partial charge is 0.0300 e. The first-order chi connectivity index (χ1) is 9.15. The van der Waals surface area contributed by atoms with E-state index < -0.39 is 0 Å². The lowest BCUT2D eigenvalue weighted by Crippen LogP contribution is -2.39. The number of aryl methyl sites for hydroxylation is 1. The van der Waals surface area contributed by atoms with Crippen LogP contribution in [-0.2, 0) is 6.54 Å². The van der Waals surface area contributed by atoms with Crippen LogP contribution in [0.25, 0.3) is 0 Å². The van der Waals surface area contributed by atoms with E-state index in [-0.39, 0.29) is 0 Å². The van der Waals surface area contributed by atoms with Crippen LogP contribution in [-0.4, -0.2) is 31.1 Å². The van der Waals surface area contributed by atoms with Crippen molar-refractivity contribution >= 4 is 11.3 Å². The minimum Gasteiger partial charge on any atom is -0.311 e. The molecule has 1 saturated carbocycles. The van der Waals surface area contributed by atoms with Crippen LogP contribution in [0.1, 0.15) is 42.4 Å². The van der Waals surface area contributed by atoms with Gasteiger partial charge in [0.25, 0.3) is 0 Å². The molecule has 1 heterocycles. The highest BCUT2D eigenvalue weighted by Crippen LogP contribution is 2.26. The van der Waals surface area contributed by atoms with E-state index in [1.807, 2.05) is 11.3 Å². The van der Waals surface area contributed by atoms with E-state index in [2.05, 4.69) is 43.2 Å². The number of hydrogen-bond donors (Lipinski definition) is 1. The molecule has 1 N–H and O–H groups in total. The van der Waals surface area contributed by atoms with Gasteiger partial charge < -0.3 is 10.2 Å². The molecular weight excluding hydrogens is 252 g/mol. The molecule has 2 atom stereocenters. The Bertz CT molecular complexity index is 375. The number of nitrogens with zero attached hydrogens (tertiary/aromatic N) is 1. The Kier molecular flexibility index (Phi) is 5.86. The van der Waals surface area contributed by atoms with Gasteiger partial charge in [-0.25, -0.2) is 0 Å². The van der Waals surface area contributed by atoms with E-state index in [0.717, 1.165) is 25.0 Å². The van der Waals surface area contributed by atoms with Gasteiger partial charge in [0.1, 0.15) is 0 Å². The summed E-state index contributed by atoms with van der Waals surface area (Å²) in [6.45, 7) is 7.86. The van der Waals surface area contributed by atoms with Crippen molar-refractivity contribution in [2.45, 2.75) is 52.1 Å². The van der Waals surface area contributed by atoms with Crippen LogP contribution < -0.4 is 5.32 Å². The highest BCUT2D eigenvalue weighted by atomic mass is 32.1. The van der Waals surface area contributed by atoms with E-state index in [9.17, 15) is 0 Å². The number of thiophene rings is 1. The molecule has 2 unspecified atom stereocenters. The van der Waals surface area contributed by atoms with Crippen molar-refractivity contribution < 1.29 is 0 Å².